The molecule has 0 aromatic heterocycles. The van der Waals surface area contributed by atoms with E-state index in [2.05, 4.69) is 47.2 Å². The first-order chi connectivity index (χ1) is 10.8. The highest BCUT2D eigenvalue weighted by Gasteiger charge is 2.14. The van der Waals surface area contributed by atoms with Gasteiger partial charge in [0, 0.05) is 5.56 Å². The second-order valence-corrected chi connectivity index (χ2v) is 7.05. The van der Waals surface area contributed by atoms with E-state index < -0.39 is 0 Å². The number of halogens is 2. The molecule has 0 aliphatic rings. The number of hydrogen-bond acceptors (Lipinski definition) is 2. The van der Waals surface area contributed by atoms with Crippen molar-refractivity contribution in [1.82, 2.24) is 5.43 Å². The van der Waals surface area contributed by atoms with E-state index >= 15 is 0 Å². The van der Waals surface area contributed by atoms with Gasteiger partial charge in [-0.25, -0.2) is 9.82 Å². The van der Waals surface area contributed by atoms with Crippen LogP contribution in [0.15, 0.2) is 52.0 Å². The van der Waals surface area contributed by atoms with Gasteiger partial charge >= 0.3 is 0 Å². The van der Waals surface area contributed by atoms with Crippen LogP contribution in [-0.4, -0.2) is 12.1 Å². The van der Waals surface area contributed by atoms with Gasteiger partial charge in [0.15, 0.2) is 0 Å². The van der Waals surface area contributed by atoms with Crippen molar-refractivity contribution >= 4 is 28.1 Å². The summed E-state index contributed by atoms with van der Waals surface area (Å²) in [7, 11) is 0. The smallest absolute Gasteiger partial charge is 0.267 e. The SMILES string of the molecule is CC(C)(C)c1ccc(C(=O)NN=Cc2ccc(F)c(Br)c2)cc1. The van der Waals surface area contributed by atoms with Gasteiger partial charge in [-0.1, -0.05) is 39.0 Å². The first-order valence-corrected chi connectivity index (χ1v) is 7.95. The molecule has 23 heavy (non-hydrogen) atoms. The molecule has 120 valence electrons. The number of nitrogens with zero attached hydrogens (tertiary/aromatic N) is 1. The van der Waals surface area contributed by atoms with Crippen molar-refractivity contribution in [2.24, 2.45) is 5.10 Å². The van der Waals surface area contributed by atoms with Crippen LogP contribution in [0, 0.1) is 5.82 Å². The highest BCUT2D eigenvalue weighted by atomic mass is 79.9. The quantitative estimate of drug-likeness (QED) is 0.614. The zero-order chi connectivity index (χ0) is 17.0. The Morgan fingerprint density at radius 1 is 1.17 bits per heavy atom. The average Bonchev–Trinajstić information content (AvgIpc) is 2.50. The van der Waals surface area contributed by atoms with Crippen LogP contribution >= 0.6 is 15.9 Å². The van der Waals surface area contributed by atoms with Crippen LogP contribution in [0.25, 0.3) is 0 Å². The molecule has 0 radical (unpaired) electrons. The van der Waals surface area contributed by atoms with E-state index in [1.165, 1.54) is 12.3 Å². The number of carbonyl (C=O) groups excluding carboxylic acids is 1. The summed E-state index contributed by atoms with van der Waals surface area (Å²) >= 11 is 3.10. The molecule has 0 unspecified atom stereocenters. The summed E-state index contributed by atoms with van der Waals surface area (Å²) in [5.74, 6) is -0.631. The number of hydrazone groups is 1. The van der Waals surface area contributed by atoms with Crippen LogP contribution in [-0.2, 0) is 5.41 Å². The summed E-state index contributed by atoms with van der Waals surface area (Å²) in [6, 6.07) is 11.9. The minimum Gasteiger partial charge on any atom is -0.267 e. The van der Waals surface area contributed by atoms with Gasteiger partial charge in [-0.3, -0.25) is 4.79 Å². The minimum absolute atomic E-state index is 0.0448. The van der Waals surface area contributed by atoms with Crippen LogP contribution in [0.1, 0.15) is 42.3 Å². The number of carbonyl (C=O) groups is 1. The van der Waals surface area contributed by atoms with Crippen LogP contribution in [0.5, 0.6) is 0 Å². The van der Waals surface area contributed by atoms with Crippen molar-refractivity contribution in [3.63, 3.8) is 0 Å². The van der Waals surface area contributed by atoms with Crippen molar-refractivity contribution in [1.29, 1.82) is 0 Å². The molecule has 2 aromatic rings. The van der Waals surface area contributed by atoms with Crippen molar-refractivity contribution in [3.8, 4) is 0 Å². The Hall–Kier alpha value is -2.01. The van der Waals surface area contributed by atoms with E-state index in [1.54, 1.807) is 24.3 Å². The molecular weight excluding hydrogens is 359 g/mol. The third-order valence-electron chi connectivity index (χ3n) is 3.34. The Labute approximate surface area is 143 Å². The molecule has 1 N–H and O–H groups in total. The van der Waals surface area contributed by atoms with E-state index in [4.69, 9.17) is 0 Å². The van der Waals surface area contributed by atoms with E-state index in [0.29, 0.717) is 15.6 Å². The Morgan fingerprint density at radius 2 is 1.83 bits per heavy atom. The van der Waals surface area contributed by atoms with Crippen LogP contribution < -0.4 is 5.43 Å². The number of hydrogen-bond donors (Lipinski definition) is 1. The summed E-state index contributed by atoms with van der Waals surface area (Å²) in [6.45, 7) is 6.35. The molecule has 2 rings (SSSR count). The van der Waals surface area contributed by atoms with E-state index in [1.807, 2.05) is 12.1 Å². The van der Waals surface area contributed by atoms with Crippen molar-refractivity contribution < 1.29 is 9.18 Å². The predicted octanol–water partition coefficient (Wildman–Crippen LogP) is 4.65. The molecule has 0 saturated carbocycles. The Kier molecular flexibility index (Phi) is 5.31. The number of nitrogens with one attached hydrogen (secondary N) is 1. The molecule has 0 aliphatic carbocycles. The fourth-order valence-corrected chi connectivity index (χ4v) is 2.34. The standard InChI is InChI=1S/C18H18BrFN2O/c1-18(2,3)14-7-5-13(6-8-14)17(23)22-21-11-12-4-9-16(20)15(19)10-12/h4-11H,1-3H3,(H,22,23). The van der Waals surface area contributed by atoms with Gasteiger partial charge in [-0.15, -0.1) is 0 Å². The lowest BCUT2D eigenvalue weighted by atomic mass is 9.87. The summed E-state index contributed by atoms with van der Waals surface area (Å²) in [4.78, 5) is 12.0. The lowest BCUT2D eigenvalue weighted by Crippen LogP contribution is -2.18. The fraction of sp³-hybridized carbons (Fsp3) is 0.222. The third kappa shape index (κ3) is 4.73. The maximum absolute atomic E-state index is 13.1. The molecule has 1 amide bonds. The normalized spacial score (nSPS) is 11.7. The second kappa shape index (κ2) is 7.04. The highest BCUT2D eigenvalue weighted by Crippen LogP contribution is 2.22. The minimum atomic E-state index is -0.342. The Bertz CT molecular complexity index is 734. The van der Waals surface area contributed by atoms with Gasteiger partial charge in [-0.05, 0) is 56.7 Å². The Balaban J connectivity index is 2.01. The van der Waals surface area contributed by atoms with E-state index in [0.717, 1.165) is 5.56 Å². The van der Waals surface area contributed by atoms with Crippen LogP contribution in [0.4, 0.5) is 4.39 Å². The van der Waals surface area contributed by atoms with Crippen LogP contribution in [0.3, 0.4) is 0 Å². The molecule has 0 aliphatic heterocycles. The predicted molar refractivity (Wildman–Crippen MR) is 94.3 cm³/mol. The summed E-state index contributed by atoms with van der Waals surface area (Å²) in [5, 5.41) is 3.89. The van der Waals surface area contributed by atoms with Gasteiger partial charge in [-0.2, -0.15) is 5.10 Å². The van der Waals surface area contributed by atoms with Crippen molar-refractivity contribution in [3.05, 3.63) is 69.4 Å². The largest absolute Gasteiger partial charge is 0.271 e. The molecule has 0 spiro atoms. The fourth-order valence-electron chi connectivity index (χ4n) is 1.94. The molecule has 0 fully saturated rings. The lowest BCUT2D eigenvalue weighted by Gasteiger charge is -2.18. The maximum atomic E-state index is 13.1. The molecule has 3 nitrogen and oxygen atoms in total. The second-order valence-electron chi connectivity index (χ2n) is 6.20. The van der Waals surface area contributed by atoms with Crippen molar-refractivity contribution in [2.45, 2.75) is 26.2 Å². The summed E-state index contributed by atoms with van der Waals surface area (Å²) < 4.78 is 13.5. The summed E-state index contributed by atoms with van der Waals surface area (Å²) in [5.41, 5.74) is 4.89. The van der Waals surface area contributed by atoms with E-state index in [9.17, 15) is 9.18 Å². The first-order valence-electron chi connectivity index (χ1n) is 7.16. The molecule has 5 heteroatoms. The monoisotopic (exact) mass is 376 g/mol. The number of rotatable bonds is 3. The lowest BCUT2D eigenvalue weighted by molar-refractivity contribution is 0.0955. The number of benzene rings is 2. The van der Waals surface area contributed by atoms with Crippen LogP contribution in [0.2, 0.25) is 0 Å². The van der Waals surface area contributed by atoms with E-state index in [-0.39, 0.29) is 17.1 Å². The number of amides is 1. The van der Waals surface area contributed by atoms with Gasteiger partial charge in [0.2, 0.25) is 0 Å². The maximum Gasteiger partial charge on any atom is 0.271 e. The molecular formula is C18H18BrFN2O. The summed E-state index contributed by atoms with van der Waals surface area (Å²) in [6.07, 6.45) is 1.46. The molecule has 0 saturated heterocycles. The van der Waals surface area contributed by atoms with Gasteiger partial charge in [0.05, 0.1) is 10.7 Å². The van der Waals surface area contributed by atoms with Gasteiger partial charge in [0.25, 0.3) is 5.91 Å². The third-order valence-corrected chi connectivity index (χ3v) is 3.94. The zero-order valence-electron chi connectivity index (χ0n) is 13.2. The van der Waals surface area contributed by atoms with Crippen molar-refractivity contribution in [2.75, 3.05) is 0 Å². The van der Waals surface area contributed by atoms with Gasteiger partial charge in [0.1, 0.15) is 5.82 Å². The Morgan fingerprint density at radius 3 is 2.39 bits per heavy atom. The molecule has 0 heterocycles. The molecule has 0 bridgehead atoms. The average molecular weight is 377 g/mol. The van der Waals surface area contributed by atoms with Gasteiger partial charge < -0.3 is 0 Å². The zero-order valence-corrected chi connectivity index (χ0v) is 14.8. The highest BCUT2D eigenvalue weighted by molar-refractivity contribution is 9.10. The molecule has 0 atom stereocenters. The molecule has 2 aromatic carbocycles. The topological polar surface area (TPSA) is 41.5 Å². The first kappa shape index (κ1) is 17.3.